The molecule has 1 aromatic heterocycles. The predicted octanol–water partition coefficient (Wildman–Crippen LogP) is 0.419. The molecule has 0 unspecified atom stereocenters. The molecule has 9 heteroatoms. The molecule has 3 amide bonds. The van der Waals surface area contributed by atoms with Crippen LogP contribution in [0.2, 0.25) is 0 Å². The van der Waals surface area contributed by atoms with Crippen LogP contribution in [0, 0.1) is 0 Å². The van der Waals surface area contributed by atoms with Gasteiger partial charge in [-0.25, -0.2) is 4.79 Å². The van der Waals surface area contributed by atoms with Gasteiger partial charge in [-0.05, 0) is 12.1 Å². The number of imide groups is 1. The van der Waals surface area contributed by atoms with Gasteiger partial charge in [-0.2, -0.15) is 13.2 Å². The number of aromatic nitrogens is 1. The van der Waals surface area contributed by atoms with Gasteiger partial charge in [0.1, 0.15) is 12.1 Å². The van der Waals surface area contributed by atoms with Crippen molar-refractivity contribution in [3.8, 4) is 0 Å². The van der Waals surface area contributed by atoms with E-state index in [-0.39, 0.29) is 13.1 Å². The molecule has 0 spiro atoms. The van der Waals surface area contributed by atoms with Gasteiger partial charge in [0.2, 0.25) is 0 Å². The SMILES string of the molecule is O=C(Cn1cccc(C(F)(F)F)c1=O)N1CCNC1=O. The lowest BCUT2D eigenvalue weighted by molar-refractivity contribution is -0.139. The average Bonchev–Trinajstić information content (AvgIpc) is 2.76. The van der Waals surface area contributed by atoms with E-state index in [1.807, 2.05) is 0 Å². The Morgan fingerprint density at radius 2 is 2.05 bits per heavy atom. The van der Waals surface area contributed by atoms with E-state index in [1.165, 1.54) is 0 Å². The first-order chi connectivity index (χ1) is 9.30. The van der Waals surface area contributed by atoms with Crippen LogP contribution in [0.5, 0.6) is 0 Å². The Balaban J connectivity index is 2.24. The molecule has 1 N–H and O–H groups in total. The molecule has 0 aromatic carbocycles. The Kier molecular flexibility index (Phi) is 3.51. The van der Waals surface area contributed by atoms with Crippen molar-refractivity contribution in [2.75, 3.05) is 13.1 Å². The van der Waals surface area contributed by atoms with E-state index >= 15 is 0 Å². The smallest absolute Gasteiger partial charge is 0.336 e. The minimum Gasteiger partial charge on any atom is -0.336 e. The number of nitrogens with zero attached hydrogens (tertiary/aromatic N) is 2. The van der Waals surface area contributed by atoms with Gasteiger partial charge in [0.25, 0.3) is 11.5 Å². The highest BCUT2D eigenvalue weighted by Gasteiger charge is 2.34. The second kappa shape index (κ2) is 4.99. The molecule has 6 nitrogen and oxygen atoms in total. The zero-order valence-electron chi connectivity index (χ0n) is 10.1. The lowest BCUT2D eigenvalue weighted by atomic mass is 10.2. The lowest BCUT2D eigenvalue weighted by Crippen LogP contribution is -2.39. The Hall–Kier alpha value is -2.32. The summed E-state index contributed by atoms with van der Waals surface area (Å²) >= 11 is 0. The van der Waals surface area contributed by atoms with Crippen molar-refractivity contribution in [2.45, 2.75) is 12.7 Å². The second-order valence-corrected chi connectivity index (χ2v) is 4.13. The number of halogens is 3. The average molecular weight is 289 g/mol. The fourth-order valence-corrected chi connectivity index (χ4v) is 1.82. The van der Waals surface area contributed by atoms with Gasteiger partial charge < -0.3 is 9.88 Å². The fraction of sp³-hybridized carbons (Fsp3) is 0.364. The first-order valence-electron chi connectivity index (χ1n) is 5.65. The Morgan fingerprint density at radius 3 is 2.60 bits per heavy atom. The molecule has 0 bridgehead atoms. The molecule has 2 heterocycles. The summed E-state index contributed by atoms with van der Waals surface area (Å²) in [7, 11) is 0. The topological polar surface area (TPSA) is 71.4 Å². The lowest BCUT2D eigenvalue weighted by Gasteiger charge is -2.14. The molecule has 1 fully saturated rings. The number of hydrogen-bond acceptors (Lipinski definition) is 3. The minimum atomic E-state index is -4.78. The van der Waals surface area contributed by atoms with E-state index in [0.29, 0.717) is 10.6 Å². The van der Waals surface area contributed by atoms with Crippen molar-refractivity contribution in [2.24, 2.45) is 0 Å². The van der Waals surface area contributed by atoms with Crippen LogP contribution in [-0.4, -0.2) is 34.5 Å². The molecular formula is C11H10F3N3O3. The highest BCUT2D eigenvalue weighted by molar-refractivity contribution is 5.95. The maximum absolute atomic E-state index is 12.6. The monoisotopic (exact) mass is 289 g/mol. The van der Waals surface area contributed by atoms with E-state index in [2.05, 4.69) is 5.32 Å². The molecule has 0 radical (unpaired) electrons. The van der Waals surface area contributed by atoms with Crippen LogP contribution in [0.4, 0.5) is 18.0 Å². The number of amides is 3. The molecule has 1 aromatic rings. The number of nitrogens with one attached hydrogen (secondary N) is 1. The summed E-state index contributed by atoms with van der Waals surface area (Å²) in [6.07, 6.45) is -3.71. The van der Waals surface area contributed by atoms with Crippen molar-refractivity contribution < 1.29 is 22.8 Å². The number of hydrogen-bond donors (Lipinski definition) is 1. The van der Waals surface area contributed by atoms with Crippen LogP contribution in [0.1, 0.15) is 5.56 Å². The van der Waals surface area contributed by atoms with Crippen LogP contribution in [0.3, 0.4) is 0 Å². The highest BCUT2D eigenvalue weighted by Crippen LogP contribution is 2.25. The largest absolute Gasteiger partial charge is 0.421 e. The summed E-state index contributed by atoms with van der Waals surface area (Å²) in [6.45, 7) is -0.205. The van der Waals surface area contributed by atoms with Gasteiger partial charge >= 0.3 is 12.2 Å². The van der Waals surface area contributed by atoms with Gasteiger partial charge in [-0.3, -0.25) is 14.5 Å². The van der Waals surface area contributed by atoms with Crippen LogP contribution < -0.4 is 10.9 Å². The van der Waals surface area contributed by atoms with Gasteiger partial charge in [0.15, 0.2) is 0 Å². The highest BCUT2D eigenvalue weighted by atomic mass is 19.4. The molecular weight excluding hydrogens is 279 g/mol. The third-order valence-corrected chi connectivity index (χ3v) is 2.79. The molecule has 108 valence electrons. The Bertz CT molecular complexity index is 609. The van der Waals surface area contributed by atoms with Crippen LogP contribution in [0.25, 0.3) is 0 Å². The van der Waals surface area contributed by atoms with Crippen molar-refractivity contribution >= 4 is 11.9 Å². The maximum Gasteiger partial charge on any atom is 0.421 e. The number of alkyl halides is 3. The minimum absolute atomic E-state index is 0.130. The van der Waals surface area contributed by atoms with Gasteiger partial charge in [-0.15, -0.1) is 0 Å². The molecule has 0 atom stereocenters. The first-order valence-corrected chi connectivity index (χ1v) is 5.65. The van der Waals surface area contributed by atoms with Gasteiger partial charge in [0, 0.05) is 19.3 Å². The van der Waals surface area contributed by atoms with Crippen molar-refractivity contribution in [3.05, 3.63) is 34.2 Å². The number of urea groups is 1. The van der Waals surface area contributed by atoms with E-state index in [1.54, 1.807) is 0 Å². The number of pyridine rings is 1. The summed E-state index contributed by atoms with van der Waals surface area (Å²) < 4.78 is 38.3. The molecule has 1 aliphatic rings. The Morgan fingerprint density at radius 1 is 1.35 bits per heavy atom. The van der Waals surface area contributed by atoms with E-state index in [0.717, 1.165) is 17.2 Å². The molecule has 1 saturated heterocycles. The Labute approximate surface area is 110 Å². The predicted molar refractivity (Wildman–Crippen MR) is 60.8 cm³/mol. The summed E-state index contributed by atoms with van der Waals surface area (Å²) in [6, 6.07) is 1.06. The number of carbonyl (C=O) groups is 2. The molecule has 0 saturated carbocycles. The van der Waals surface area contributed by atoms with E-state index in [9.17, 15) is 27.6 Å². The van der Waals surface area contributed by atoms with Crippen molar-refractivity contribution in [1.82, 2.24) is 14.8 Å². The molecule has 0 aliphatic carbocycles. The standard InChI is InChI=1S/C11H10F3N3O3/c12-11(13,14)7-2-1-4-16(9(7)19)6-8(18)17-5-3-15-10(17)20/h1-2,4H,3,5-6H2,(H,15,20). The fourth-order valence-electron chi connectivity index (χ4n) is 1.82. The maximum atomic E-state index is 12.6. The summed E-state index contributed by atoms with van der Waals surface area (Å²) in [5, 5.41) is 2.39. The summed E-state index contributed by atoms with van der Waals surface area (Å²) in [5.74, 6) is -0.735. The quantitative estimate of drug-likeness (QED) is 0.857. The second-order valence-electron chi connectivity index (χ2n) is 4.13. The third-order valence-electron chi connectivity index (χ3n) is 2.79. The van der Waals surface area contributed by atoms with Gasteiger partial charge in [-0.1, -0.05) is 0 Å². The van der Waals surface area contributed by atoms with Crippen LogP contribution >= 0.6 is 0 Å². The molecule has 2 rings (SSSR count). The molecule has 1 aliphatic heterocycles. The zero-order chi connectivity index (χ0) is 14.9. The first kappa shape index (κ1) is 14.1. The van der Waals surface area contributed by atoms with Crippen LogP contribution in [-0.2, 0) is 17.5 Å². The van der Waals surface area contributed by atoms with Crippen molar-refractivity contribution in [3.63, 3.8) is 0 Å². The summed E-state index contributed by atoms with van der Waals surface area (Å²) in [4.78, 5) is 35.5. The van der Waals surface area contributed by atoms with E-state index < -0.39 is 35.8 Å². The van der Waals surface area contributed by atoms with Gasteiger partial charge in [0.05, 0.1) is 0 Å². The molecule has 20 heavy (non-hydrogen) atoms. The number of carbonyl (C=O) groups excluding carboxylic acids is 2. The van der Waals surface area contributed by atoms with Crippen molar-refractivity contribution in [1.29, 1.82) is 0 Å². The van der Waals surface area contributed by atoms with Crippen LogP contribution in [0.15, 0.2) is 23.1 Å². The number of rotatable bonds is 2. The third kappa shape index (κ3) is 2.65. The van der Waals surface area contributed by atoms with E-state index in [4.69, 9.17) is 0 Å². The zero-order valence-corrected chi connectivity index (χ0v) is 10.1. The normalized spacial score (nSPS) is 15.3. The summed E-state index contributed by atoms with van der Waals surface area (Å²) in [5.41, 5.74) is -2.66.